The van der Waals surface area contributed by atoms with Crippen molar-refractivity contribution >= 4 is 23.5 Å². The maximum atomic E-state index is 10.3. The molecule has 1 unspecified atom stereocenters. The average molecular weight is 261 g/mol. The molecular weight excluding hydrogens is 242 g/mol. The summed E-state index contributed by atoms with van der Waals surface area (Å²) in [5.41, 5.74) is 11.6. The summed E-state index contributed by atoms with van der Waals surface area (Å²) in [5, 5.41) is 9.19. The van der Waals surface area contributed by atoms with Crippen molar-refractivity contribution in [3.63, 3.8) is 0 Å². The third-order valence-corrected chi connectivity index (χ3v) is 3.36. The van der Waals surface area contributed by atoms with Crippen LogP contribution in [0.15, 0.2) is 17.1 Å². The number of amidine groups is 1. The molecule has 1 atom stereocenters. The number of nitrogens with zero attached hydrogens (tertiary/aromatic N) is 1. The molecule has 0 amide bonds. The van der Waals surface area contributed by atoms with Crippen LogP contribution in [0.2, 0.25) is 0 Å². The molecule has 0 fully saturated rings. The Bertz CT molecular complexity index is 512. The van der Waals surface area contributed by atoms with E-state index in [9.17, 15) is 10.0 Å². The highest BCUT2D eigenvalue weighted by molar-refractivity contribution is 5.86. The molecule has 0 aromatic heterocycles. The third kappa shape index (κ3) is 3.12. The summed E-state index contributed by atoms with van der Waals surface area (Å²) in [6, 6.07) is 3.88. The molecule has 1 aliphatic carbocycles. The molecule has 4 N–H and O–H groups in total. The average Bonchev–Trinajstić information content (AvgIpc) is 2.74. The molecule has 5 heteroatoms. The van der Waals surface area contributed by atoms with Crippen LogP contribution in [0.1, 0.15) is 30.9 Å². The molecule has 5 nitrogen and oxygen atoms in total. The van der Waals surface area contributed by atoms with E-state index in [2.05, 4.69) is 17.4 Å². The van der Waals surface area contributed by atoms with Crippen molar-refractivity contribution in [2.75, 3.05) is 5.48 Å². The van der Waals surface area contributed by atoms with E-state index in [1.54, 1.807) is 0 Å². The van der Waals surface area contributed by atoms with E-state index in [1.807, 2.05) is 12.1 Å². The molecule has 0 aliphatic heterocycles. The van der Waals surface area contributed by atoms with Gasteiger partial charge in [-0.1, -0.05) is 6.92 Å². The summed E-state index contributed by atoms with van der Waals surface area (Å²) in [6.07, 6.45) is 3.66. The molecule has 0 saturated carbocycles. The zero-order chi connectivity index (χ0) is 13.8. The first-order valence-corrected chi connectivity index (χ1v) is 6.46. The first-order chi connectivity index (χ1) is 9.13. The minimum absolute atomic E-state index is 0.360. The van der Waals surface area contributed by atoms with Crippen LogP contribution in [0.4, 0.5) is 11.4 Å². The fraction of sp³-hybridized carbons (Fsp3) is 0.429. The molecule has 2 rings (SSSR count). The minimum Gasteiger partial charge on any atom is -0.387 e. The quantitative estimate of drug-likeness (QED) is 0.328. The molecule has 0 spiro atoms. The lowest BCUT2D eigenvalue weighted by Crippen LogP contribution is -2.11. The largest absolute Gasteiger partial charge is 0.387 e. The number of fused-ring (bicyclic) bond motifs is 1. The predicted molar refractivity (Wildman–Crippen MR) is 75.0 cm³/mol. The number of nitrogens with one attached hydrogen (secondary N) is 1. The van der Waals surface area contributed by atoms with Crippen molar-refractivity contribution < 1.29 is 10.0 Å². The first-order valence-electron chi connectivity index (χ1n) is 6.46. The highest BCUT2D eigenvalue weighted by Gasteiger charge is 2.19. The maximum Gasteiger partial charge on any atom is 0.120 e. The van der Waals surface area contributed by atoms with Crippen molar-refractivity contribution in [3.8, 4) is 0 Å². The molecule has 1 aromatic rings. The fourth-order valence-electron chi connectivity index (χ4n) is 2.48. The predicted octanol–water partition coefficient (Wildman–Crippen LogP) is 2.19. The molecule has 0 radical (unpaired) electrons. The van der Waals surface area contributed by atoms with Crippen molar-refractivity contribution in [2.45, 2.75) is 32.6 Å². The zero-order valence-electron chi connectivity index (χ0n) is 11.0. The summed E-state index contributed by atoms with van der Waals surface area (Å²) in [6.45, 7) is 2.20. The molecule has 1 aromatic carbocycles. The highest BCUT2D eigenvalue weighted by atomic mass is 16.5. The van der Waals surface area contributed by atoms with Gasteiger partial charge in [-0.25, -0.2) is 4.99 Å². The Morgan fingerprint density at radius 3 is 2.84 bits per heavy atom. The first kappa shape index (κ1) is 13.5. The lowest BCUT2D eigenvalue weighted by Gasteiger charge is -2.08. The number of hydrogen-bond acceptors (Lipinski definition) is 4. The van der Waals surface area contributed by atoms with Crippen molar-refractivity contribution in [1.29, 1.82) is 0 Å². The van der Waals surface area contributed by atoms with Crippen molar-refractivity contribution in [1.82, 2.24) is 0 Å². The van der Waals surface area contributed by atoms with Gasteiger partial charge in [0.1, 0.15) is 12.1 Å². The topological polar surface area (TPSA) is 87.7 Å². The summed E-state index contributed by atoms with van der Waals surface area (Å²) in [7, 11) is 0. The Hall–Kier alpha value is -1.88. The monoisotopic (exact) mass is 261 g/mol. The number of aldehydes is 1. The third-order valence-electron chi connectivity index (χ3n) is 3.36. The van der Waals surface area contributed by atoms with Gasteiger partial charge in [0.05, 0.1) is 11.4 Å². The van der Waals surface area contributed by atoms with Crippen LogP contribution in [0, 0.1) is 5.92 Å². The molecular formula is C14H19N3O2. The zero-order valence-corrected chi connectivity index (χ0v) is 11.0. The van der Waals surface area contributed by atoms with E-state index in [0.717, 1.165) is 19.1 Å². The highest BCUT2D eigenvalue weighted by Crippen LogP contribution is 2.35. The fourth-order valence-corrected chi connectivity index (χ4v) is 2.48. The van der Waals surface area contributed by atoms with Gasteiger partial charge in [-0.3, -0.25) is 10.7 Å². The summed E-state index contributed by atoms with van der Waals surface area (Å²) in [5.74, 6) is 1.02. The second-order valence-electron chi connectivity index (χ2n) is 5.07. The molecule has 0 bridgehead atoms. The van der Waals surface area contributed by atoms with Gasteiger partial charge >= 0.3 is 0 Å². The molecule has 19 heavy (non-hydrogen) atoms. The summed E-state index contributed by atoms with van der Waals surface area (Å²) >= 11 is 0. The Labute approximate surface area is 112 Å². The van der Waals surface area contributed by atoms with Crippen LogP contribution < -0.4 is 11.2 Å². The van der Waals surface area contributed by atoms with Crippen LogP contribution in [0.5, 0.6) is 0 Å². The SMILES string of the molecule is CC1Cc2cc(N=C(N)CCC=O)c(NO)cc2C1. The molecule has 102 valence electrons. The second kappa shape index (κ2) is 5.84. The van der Waals surface area contributed by atoms with Crippen LogP contribution in [-0.4, -0.2) is 17.3 Å². The van der Waals surface area contributed by atoms with Crippen molar-refractivity contribution in [3.05, 3.63) is 23.3 Å². The lowest BCUT2D eigenvalue weighted by atomic mass is 10.1. The van der Waals surface area contributed by atoms with Crippen LogP contribution in [-0.2, 0) is 17.6 Å². The Morgan fingerprint density at radius 2 is 2.21 bits per heavy atom. The van der Waals surface area contributed by atoms with Crippen LogP contribution in [0.25, 0.3) is 0 Å². The molecule has 0 saturated heterocycles. The van der Waals surface area contributed by atoms with E-state index in [4.69, 9.17) is 5.73 Å². The van der Waals surface area contributed by atoms with Gasteiger partial charge in [0, 0.05) is 12.8 Å². The van der Waals surface area contributed by atoms with E-state index >= 15 is 0 Å². The van der Waals surface area contributed by atoms with Gasteiger partial charge in [-0.05, 0) is 42.0 Å². The van der Waals surface area contributed by atoms with Crippen molar-refractivity contribution in [2.24, 2.45) is 16.6 Å². The van der Waals surface area contributed by atoms with E-state index in [1.165, 1.54) is 11.1 Å². The van der Waals surface area contributed by atoms with Gasteiger partial charge in [0.15, 0.2) is 0 Å². The molecule has 1 aliphatic rings. The maximum absolute atomic E-state index is 10.3. The van der Waals surface area contributed by atoms with E-state index in [-0.39, 0.29) is 0 Å². The van der Waals surface area contributed by atoms with Gasteiger partial charge in [-0.2, -0.15) is 0 Å². The number of carbonyl (C=O) groups is 1. The van der Waals surface area contributed by atoms with E-state index < -0.39 is 0 Å². The summed E-state index contributed by atoms with van der Waals surface area (Å²) in [4.78, 5) is 14.6. The summed E-state index contributed by atoms with van der Waals surface area (Å²) < 4.78 is 0. The number of benzene rings is 1. The number of anilines is 1. The van der Waals surface area contributed by atoms with Gasteiger partial charge in [0.25, 0.3) is 0 Å². The standard InChI is InChI=1S/C14H19N3O2/c1-9-5-10-7-12(16-14(15)3-2-4-18)13(17-19)8-11(10)6-9/h4,7-9,17,19H,2-3,5-6H2,1H3,(H2,15,16). The van der Waals surface area contributed by atoms with Gasteiger partial charge < -0.3 is 10.5 Å². The van der Waals surface area contributed by atoms with Gasteiger partial charge in [0.2, 0.25) is 0 Å². The number of carbonyl (C=O) groups excluding carboxylic acids is 1. The Kier molecular flexibility index (Phi) is 4.16. The Morgan fingerprint density at radius 1 is 1.53 bits per heavy atom. The minimum atomic E-state index is 0.360. The number of aliphatic imine (C=N–C) groups is 1. The Balaban J connectivity index is 2.30. The second-order valence-corrected chi connectivity index (χ2v) is 5.07. The van der Waals surface area contributed by atoms with Gasteiger partial charge in [-0.15, -0.1) is 0 Å². The smallest absolute Gasteiger partial charge is 0.120 e. The number of nitrogens with two attached hydrogens (primary N) is 1. The lowest BCUT2D eigenvalue weighted by molar-refractivity contribution is -0.107. The molecule has 0 heterocycles. The van der Waals surface area contributed by atoms with Crippen LogP contribution in [0.3, 0.4) is 0 Å². The normalized spacial score (nSPS) is 18.2. The number of rotatable bonds is 5. The van der Waals surface area contributed by atoms with Crippen LogP contribution >= 0.6 is 0 Å². The number of hydrogen-bond donors (Lipinski definition) is 3. The van der Waals surface area contributed by atoms with E-state index in [0.29, 0.717) is 36.0 Å².